The molecule has 1 unspecified atom stereocenters. The van der Waals surface area contributed by atoms with Gasteiger partial charge in [-0.2, -0.15) is 0 Å². The maximum atomic E-state index is 12.2. The quantitative estimate of drug-likeness (QED) is 0.230. The summed E-state index contributed by atoms with van der Waals surface area (Å²) in [6.07, 6.45) is -0.700. The maximum Gasteiger partial charge on any atom is 0.240 e. The van der Waals surface area contributed by atoms with Gasteiger partial charge in [0.15, 0.2) is 5.96 Å². The van der Waals surface area contributed by atoms with Gasteiger partial charge < -0.3 is 15.7 Å². The molecule has 0 aliphatic rings. The number of aliphatic imine (C=N–C) groups is 1. The normalized spacial score (nSPS) is 13.3. The number of sulfonamides is 1. The van der Waals surface area contributed by atoms with Crippen LogP contribution in [-0.2, 0) is 10.0 Å². The number of guanidine groups is 1. The van der Waals surface area contributed by atoms with Crippen LogP contribution in [0.4, 0.5) is 0 Å². The lowest BCUT2D eigenvalue weighted by Crippen LogP contribution is -2.41. The van der Waals surface area contributed by atoms with Crippen molar-refractivity contribution in [2.24, 2.45) is 4.99 Å². The Labute approximate surface area is 180 Å². The van der Waals surface area contributed by atoms with E-state index in [9.17, 15) is 13.5 Å². The fourth-order valence-corrected chi connectivity index (χ4v) is 4.92. The molecule has 3 rings (SSSR count). The molecule has 0 saturated heterocycles. The second kappa shape index (κ2) is 10.5. The third-order valence-electron chi connectivity index (χ3n) is 4.30. The number of nitrogens with zero attached hydrogens (tertiary/aromatic N) is 1. The van der Waals surface area contributed by atoms with Crippen molar-refractivity contribution < 1.29 is 13.5 Å². The molecule has 7 nitrogen and oxygen atoms in total. The highest BCUT2D eigenvalue weighted by molar-refractivity contribution is 7.89. The molecule has 1 heterocycles. The van der Waals surface area contributed by atoms with Crippen LogP contribution in [-0.4, -0.2) is 45.7 Å². The van der Waals surface area contributed by atoms with Crippen LogP contribution in [0.1, 0.15) is 17.9 Å². The minimum atomic E-state index is -3.53. The predicted octanol–water partition coefficient (Wildman–Crippen LogP) is 2.47. The Morgan fingerprint density at radius 1 is 1.07 bits per heavy atom. The lowest BCUT2D eigenvalue weighted by atomic mass is 10.2. The third-order valence-corrected chi connectivity index (χ3v) is 7.00. The summed E-state index contributed by atoms with van der Waals surface area (Å²) in [6, 6.07) is 18.2. The number of thiophene rings is 1. The van der Waals surface area contributed by atoms with Crippen LogP contribution in [0.25, 0.3) is 10.1 Å². The largest absolute Gasteiger partial charge is 0.386 e. The van der Waals surface area contributed by atoms with E-state index in [-0.39, 0.29) is 18.0 Å². The molecule has 0 fully saturated rings. The smallest absolute Gasteiger partial charge is 0.240 e. The molecule has 0 bridgehead atoms. The van der Waals surface area contributed by atoms with Crippen molar-refractivity contribution in [1.29, 1.82) is 0 Å². The van der Waals surface area contributed by atoms with Crippen LogP contribution < -0.4 is 15.4 Å². The second-order valence-electron chi connectivity index (χ2n) is 6.56. The molecule has 4 N–H and O–H groups in total. The van der Waals surface area contributed by atoms with E-state index in [0.29, 0.717) is 19.0 Å². The van der Waals surface area contributed by atoms with Crippen molar-refractivity contribution in [3.05, 3.63) is 65.5 Å². The lowest BCUT2D eigenvalue weighted by molar-refractivity contribution is 0.191. The summed E-state index contributed by atoms with van der Waals surface area (Å²) in [5, 5.41) is 17.8. The van der Waals surface area contributed by atoms with Gasteiger partial charge in [0.25, 0.3) is 0 Å². The molecule has 0 aliphatic carbocycles. The van der Waals surface area contributed by atoms with Crippen molar-refractivity contribution in [3.63, 3.8) is 0 Å². The molecule has 160 valence electrons. The molecule has 0 aliphatic heterocycles. The van der Waals surface area contributed by atoms with E-state index in [1.165, 1.54) is 0 Å². The number of fused-ring (bicyclic) bond motifs is 1. The first-order valence-electron chi connectivity index (χ1n) is 9.73. The molecule has 30 heavy (non-hydrogen) atoms. The number of benzene rings is 2. The zero-order valence-corrected chi connectivity index (χ0v) is 18.3. The predicted molar refractivity (Wildman–Crippen MR) is 122 cm³/mol. The molecule has 1 aromatic heterocycles. The fourth-order valence-electron chi connectivity index (χ4n) is 2.83. The van der Waals surface area contributed by atoms with Crippen molar-refractivity contribution in [3.8, 4) is 0 Å². The van der Waals surface area contributed by atoms with E-state index in [0.717, 1.165) is 15.0 Å². The number of nitrogens with one attached hydrogen (secondary N) is 3. The first-order chi connectivity index (χ1) is 14.5. The van der Waals surface area contributed by atoms with Crippen molar-refractivity contribution in [2.45, 2.75) is 17.9 Å². The average Bonchev–Trinajstić information content (AvgIpc) is 3.20. The molecule has 0 spiro atoms. The van der Waals surface area contributed by atoms with Gasteiger partial charge in [0.1, 0.15) is 6.10 Å². The van der Waals surface area contributed by atoms with E-state index in [1.54, 1.807) is 41.7 Å². The fraction of sp³-hybridized carbons (Fsp3) is 0.286. The Balaban J connectivity index is 1.52. The summed E-state index contributed by atoms with van der Waals surface area (Å²) in [4.78, 5) is 5.53. The zero-order chi connectivity index (χ0) is 21.4. The zero-order valence-electron chi connectivity index (χ0n) is 16.7. The Kier molecular flexibility index (Phi) is 7.81. The van der Waals surface area contributed by atoms with Crippen LogP contribution in [0.5, 0.6) is 0 Å². The van der Waals surface area contributed by atoms with E-state index in [4.69, 9.17) is 0 Å². The molecule has 0 radical (unpaired) electrons. The summed E-state index contributed by atoms with van der Waals surface area (Å²) in [5.41, 5.74) is 0. The van der Waals surface area contributed by atoms with Crippen molar-refractivity contribution in [2.75, 3.05) is 26.2 Å². The minimum Gasteiger partial charge on any atom is -0.386 e. The molecule has 3 aromatic rings. The standard InChI is InChI=1S/C21H26N4O3S2/c1-2-22-21(23-12-13-25-30(27,28)17-9-4-3-5-10-17)24-15-18(26)20-14-16-8-6-7-11-19(16)29-20/h3-11,14,18,25-26H,2,12-13,15H2,1H3,(H2,22,23,24). The van der Waals surface area contributed by atoms with Crippen LogP contribution >= 0.6 is 11.3 Å². The van der Waals surface area contributed by atoms with Gasteiger partial charge in [-0.25, -0.2) is 13.1 Å². The molecular weight excluding hydrogens is 420 g/mol. The Bertz CT molecular complexity index is 1050. The number of aliphatic hydroxyl groups is 1. The molecule has 1 atom stereocenters. The molecule has 2 aromatic carbocycles. The topological polar surface area (TPSA) is 103 Å². The Morgan fingerprint density at radius 3 is 2.53 bits per heavy atom. The third kappa shape index (κ3) is 6.02. The van der Waals surface area contributed by atoms with Crippen LogP contribution in [0.3, 0.4) is 0 Å². The number of rotatable bonds is 9. The van der Waals surface area contributed by atoms with E-state index >= 15 is 0 Å². The first kappa shape index (κ1) is 22.2. The van der Waals surface area contributed by atoms with Gasteiger partial charge in [-0.05, 0) is 36.6 Å². The van der Waals surface area contributed by atoms with Crippen LogP contribution in [0, 0.1) is 0 Å². The first-order valence-corrected chi connectivity index (χ1v) is 12.0. The molecule has 0 saturated carbocycles. The van der Waals surface area contributed by atoms with E-state index in [1.807, 2.05) is 37.3 Å². The van der Waals surface area contributed by atoms with E-state index < -0.39 is 16.1 Å². The summed E-state index contributed by atoms with van der Waals surface area (Å²) < 4.78 is 28.2. The highest BCUT2D eigenvalue weighted by Crippen LogP contribution is 2.29. The highest BCUT2D eigenvalue weighted by atomic mass is 32.2. The van der Waals surface area contributed by atoms with Gasteiger partial charge in [0.2, 0.25) is 10.0 Å². The Hall–Kier alpha value is -2.46. The van der Waals surface area contributed by atoms with Gasteiger partial charge in [-0.15, -0.1) is 11.3 Å². The summed E-state index contributed by atoms with van der Waals surface area (Å²) >= 11 is 1.56. The van der Waals surface area contributed by atoms with Gasteiger partial charge in [-0.3, -0.25) is 4.99 Å². The maximum absolute atomic E-state index is 12.2. The lowest BCUT2D eigenvalue weighted by Gasteiger charge is -2.13. The van der Waals surface area contributed by atoms with Gasteiger partial charge in [-0.1, -0.05) is 36.4 Å². The highest BCUT2D eigenvalue weighted by Gasteiger charge is 2.13. The summed E-state index contributed by atoms with van der Waals surface area (Å²) in [7, 11) is -3.53. The number of hydrogen-bond donors (Lipinski definition) is 4. The average molecular weight is 447 g/mol. The van der Waals surface area contributed by atoms with Gasteiger partial charge in [0.05, 0.1) is 11.4 Å². The SMILES string of the molecule is CCNC(=NCC(O)c1cc2ccccc2s1)NCCNS(=O)(=O)c1ccccc1. The van der Waals surface area contributed by atoms with Crippen LogP contribution in [0.2, 0.25) is 0 Å². The van der Waals surface area contributed by atoms with Crippen molar-refractivity contribution in [1.82, 2.24) is 15.4 Å². The van der Waals surface area contributed by atoms with Gasteiger partial charge >= 0.3 is 0 Å². The minimum absolute atomic E-state index is 0.206. The van der Waals surface area contributed by atoms with Crippen molar-refractivity contribution >= 4 is 37.4 Å². The number of hydrogen-bond acceptors (Lipinski definition) is 5. The second-order valence-corrected chi connectivity index (χ2v) is 9.44. The van der Waals surface area contributed by atoms with Gasteiger partial charge in [0, 0.05) is 29.2 Å². The Morgan fingerprint density at radius 2 is 1.80 bits per heavy atom. The molecule has 9 heteroatoms. The molecule has 0 amide bonds. The number of aliphatic hydroxyl groups excluding tert-OH is 1. The summed E-state index contributed by atoms with van der Waals surface area (Å²) in [6.45, 7) is 3.37. The monoisotopic (exact) mass is 446 g/mol. The van der Waals surface area contributed by atoms with Crippen LogP contribution in [0.15, 0.2) is 70.6 Å². The summed E-state index contributed by atoms with van der Waals surface area (Å²) in [5.74, 6) is 0.525. The van der Waals surface area contributed by atoms with E-state index in [2.05, 4.69) is 20.3 Å². The molecular formula is C21H26N4O3S2.